The van der Waals surface area contributed by atoms with Gasteiger partial charge in [0.1, 0.15) is 5.82 Å². The van der Waals surface area contributed by atoms with Crippen molar-refractivity contribution in [1.82, 2.24) is 4.98 Å². The van der Waals surface area contributed by atoms with Crippen molar-refractivity contribution >= 4 is 33.4 Å². The summed E-state index contributed by atoms with van der Waals surface area (Å²) in [6, 6.07) is 5.65. The highest BCUT2D eigenvalue weighted by atomic mass is 79.9. The van der Waals surface area contributed by atoms with Gasteiger partial charge in [0.2, 0.25) is 0 Å². The van der Waals surface area contributed by atoms with Gasteiger partial charge in [-0.25, -0.2) is 4.39 Å². The SMILES string of the molecule is O=[N+]([O-])c1ccc(Cc2ccnc3c2SC(Br)C3)c(F)c1. The molecule has 1 atom stereocenters. The fraction of sp³-hybridized carbons (Fsp3) is 0.214. The van der Waals surface area contributed by atoms with Crippen molar-refractivity contribution in [3.8, 4) is 0 Å². The topological polar surface area (TPSA) is 56.0 Å². The Morgan fingerprint density at radius 2 is 2.24 bits per heavy atom. The van der Waals surface area contributed by atoms with Crippen LogP contribution in [0.1, 0.15) is 16.8 Å². The molecule has 0 N–H and O–H groups in total. The summed E-state index contributed by atoms with van der Waals surface area (Å²) in [5.74, 6) is -0.548. The van der Waals surface area contributed by atoms with Crippen LogP contribution in [0.4, 0.5) is 10.1 Å². The number of hydrogen-bond donors (Lipinski definition) is 0. The van der Waals surface area contributed by atoms with Crippen LogP contribution in [0, 0.1) is 15.9 Å². The number of thioether (sulfide) groups is 1. The van der Waals surface area contributed by atoms with E-state index in [1.54, 1.807) is 18.0 Å². The summed E-state index contributed by atoms with van der Waals surface area (Å²) >= 11 is 5.23. The van der Waals surface area contributed by atoms with Gasteiger partial charge in [-0.2, -0.15) is 0 Å². The molecule has 0 radical (unpaired) electrons. The number of nitro groups is 1. The molecule has 0 spiro atoms. The van der Waals surface area contributed by atoms with Crippen LogP contribution < -0.4 is 0 Å². The zero-order valence-corrected chi connectivity index (χ0v) is 13.2. The van der Waals surface area contributed by atoms with Crippen LogP contribution in [0.25, 0.3) is 0 Å². The normalized spacial score (nSPS) is 16.8. The van der Waals surface area contributed by atoms with Crippen LogP contribution in [0.15, 0.2) is 35.4 Å². The molecule has 0 fully saturated rings. The zero-order chi connectivity index (χ0) is 15.0. The second-order valence-corrected chi connectivity index (χ2v) is 7.61. The number of nitro benzene ring substituents is 1. The molecule has 0 bridgehead atoms. The van der Waals surface area contributed by atoms with E-state index < -0.39 is 10.7 Å². The lowest BCUT2D eigenvalue weighted by molar-refractivity contribution is -0.385. The Morgan fingerprint density at radius 3 is 2.95 bits per heavy atom. The molecule has 1 aliphatic rings. The lowest BCUT2D eigenvalue weighted by atomic mass is 10.0. The molecule has 3 rings (SSSR count). The van der Waals surface area contributed by atoms with E-state index in [-0.39, 0.29) is 5.69 Å². The minimum absolute atomic E-state index is 0.230. The van der Waals surface area contributed by atoms with Gasteiger partial charge in [0, 0.05) is 30.0 Å². The first-order valence-corrected chi connectivity index (χ1v) is 8.04. The molecule has 0 aliphatic carbocycles. The molecule has 7 heteroatoms. The van der Waals surface area contributed by atoms with E-state index in [0.717, 1.165) is 28.6 Å². The van der Waals surface area contributed by atoms with Crippen LogP contribution in [-0.4, -0.2) is 14.1 Å². The van der Waals surface area contributed by atoms with Gasteiger partial charge in [0.15, 0.2) is 0 Å². The van der Waals surface area contributed by atoms with Crippen LogP contribution >= 0.6 is 27.7 Å². The van der Waals surface area contributed by atoms with E-state index in [2.05, 4.69) is 20.9 Å². The Kier molecular flexibility index (Phi) is 3.95. The Labute approximate surface area is 133 Å². The van der Waals surface area contributed by atoms with Crippen molar-refractivity contribution < 1.29 is 9.31 Å². The maximum Gasteiger partial charge on any atom is 0.272 e. The van der Waals surface area contributed by atoms with Gasteiger partial charge in [-0.05, 0) is 23.3 Å². The summed E-state index contributed by atoms with van der Waals surface area (Å²) in [6.45, 7) is 0. The summed E-state index contributed by atoms with van der Waals surface area (Å²) in [7, 11) is 0. The van der Waals surface area contributed by atoms with Crippen LogP contribution in [0.2, 0.25) is 0 Å². The summed E-state index contributed by atoms with van der Waals surface area (Å²) in [5.41, 5.74) is 2.24. The predicted octanol–water partition coefficient (Wildman–Crippen LogP) is 4.09. The first-order chi connectivity index (χ1) is 10.0. The van der Waals surface area contributed by atoms with Gasteiger partial charge >= 0.3 is 0 Å². The van der Waals surface area contributed by atoms with Gasteiger partial charge in [-0.15, -0.1) is 11.8 Å². The molecule has 2 heterocycles. The number of aromatic nitrogens is 1. The molecule has 1 aliphatic heterocycles. The van der Waals surface area contributed by atoms with Gasteiger partial charge < -0.3 is 0 Å². The Bertz CT molecular complexity index is 726. The van der Waals surface area contributed by atoms with Crippen molar-refractivity contribution in [3.63, 3.8) is 0 Å². The van der Waals surface area contributed by atoms with Gasteiger partial charge in [-0.1, -0.05) is 15.9 Å². The number of alkyl halides is 1. The second kappa shape index (κ2) is 5.73. The number of halogens is 2. The standard InChI is InChI=1S/C14H10BrFN2O2S/c15-13-7-12-14(21-13)9(3-4-17-12)5-8-1-2-10(18(19)20)6-11(8)16/h1-4,6,13H,5,7H2. The Morgan fingerprint density at radius 1 is 1.43 bits per heavy atom. The fourth-order valence-corrected chi connectivity index (χ4v) is 4.21. The maximum absolute atomic E-state index is 14.0. The summed E-state index contributed by atoms with van der Waals surface area (Å²) in [5, 5.41) is 10.6. The van der Waals surface area contributed by atoms with E-state index in [0.29, 0.717) is 16.1 Å². The fourth-order valence-electron chi connectivity index (χ4n) is 2.29. The highest BCUT2D eigenvalue weighted by molar-refractivity contribution is 9.11. The van der Waals surface area contributed by atoms with E-state index in [9.17, 15) is 14.5 Å². The number of benzene rings is 1. The van der Waals surface area contributed by atoms with E-state index in [1.807, 2.05) is 6.07 Å². The number of nitrogens with zero attached hydrogens (tertiary/aromatic N) is 2. The van der Waals surface area contributed by atoms with E-state index in [4.69, 9.17) is 0 Å². The quantitative estimate of drug-likeness (QED) is 0.465. The smallest absolute Gasteiger partial charge is 0.260 e. The molecule has 0 saturated heterocycles. The maximum atomic E-state index is 14.0. The predicted molar refractivity (Wildman–Crippen MR) is 82.4 cm³/mol. The monoisotopic (exact) mass is 368 g/mol. The van der Waals surface area contributed by atoms with Crippen molar-refractivity contribution in [3.05, 3.63) is 63.2 Å². The molecule has 0 amide bonds. The third kappa shape index (κ3) is 2.94. The number of non-ortho nitro benzene ring substituents is 1. The van der Waals surface area contributed by atoms with Gasteiger partial charge in [-0.3, -0.25) is 15.1 Å². The molecule has 2 aromatic rings. The molecule has 1 unspecified atom stereocenters. The largest absolute Gasteiger partial charge is 0.272 e. The number of rotatable bonds is 3. The van der Waals surface area contributed by atoms with Crippen molar-refractivity contribution in [1.29, 1.82) is 0 Å². The highest BCUT2D eigenvalue weighted by Gasteiger charge is 2.24. The summed E-state index contributed by atoms with van der Waals surface area (Å²) in [6.07, 6.45) is 2.97. The molecule has 108 valence electrons. The third-order valence-corrected chi connectivity index (χ3v) is 5.33. The Balaban J connectivity index is 1.92. The lowest BCUT2D eigenvalue weighted by Crippen LogP contribution is -1.98. The average molecular weight is 369 g/mol. The van der Waals surface area contributed by atoms with Crippen LogP contribution in [-0.2, 0) is 12.8 Å². The van der Waals surface area contributed by atoms with E-state index >= 15 is 0 Å². The van der Waals surface area contributed by atoms with Crippen molar-refractivity contribution in [2.24, 2.45) is 0 Å². The minimum Gasteiger partial charge on any atom is -0.260 e. The van der Waals surface area contributed by atoms with Gasteiger partial charge in [0.25, 0.3) is 5.69 Å². The van der Waals surface area contributed by atoms with Gasteiger partial charge in [0.05, 0.1) is 20.8 Å². The van der Waals surface area contributed by atoms with Crippen molar-refractivity contribution in [2.45, 2.75) is 21.9 Å². The number of pyridine rings is 1. The number of hydrogen-bond acceptors (Lipinski definition) is 4. The highest BCUT2D eigenvalue weighted by Crippen LogP contribution is 2.41. The van der Waals surface area contributed by atoms with Crippen molar-refractivity contribution in [2.75, 3.05) is 0 Å². The van der Waals surface area contributed by atoms with Crippen LogP contribution in [0.3, 0.4) is 0 Å². The first-order valence-electron chi connectivity index (χ1n) is 6.25. The molecule has 4 nitrogen and oxygen atoms in total. The average Bonchev–Trinajstić information content (AvgIpc) is 2.82. The summed E-state index contributed by atoms with van der Waals surface area (Å²) < 4.78 is 14.3. The first kappa shape index (κ1) is 14.5. The molecule has 21 heavy (non-hydrogen) atoms. The third-order valence-electron chi connectivity index (χ3n) is 3.29. The Hall–Kier alpha value is -1.47. The van der Waals surface area contributed by atoms with E-state index in [1.165, 1.54) is 12.1 Å². The number of fused-ring (bicyclic) bond motifs is 1. The lowest BCUT2D eigenvalue weighted by Gasteiger charge is -2.08. The van der Waals surface area contributed by atoms with Crippen LogP contribution in [0.5, 0.6) is 0 Å². The molecular formula is C14H10BrFN2O2S. The molecule has 1 aromatic heterocycles. The minimum atomic E-state index is -0.595. The summed E-state index contributed by atoms with van der Waals surface area (Å²) in [4.78, 5) is 15.5. The zero-order valence-electron chi connectivity index (χ0n) is 10.8. The second-order valence-electron chi connectivity index (χ2n) is 4.69. The molecule has 0 saturated carbocycles. The molecule has 1 aromatic carbocycles. The molecular weight excluding hydrogens is 359 g/mol.